The van der Waals surface area contributed by atoms with Crippen LogP contribution in [-0.4, -0.2) is 37.4 Å². The van der Waals surface area contributed by atoms with Crippen LogP contribution in [0.5, 0.6) is 0 Å². The molecule has 3 fully saturated rings. The number of rotatable bonds is 3. The van der Waals surface area contributed by atoms with Crippen molar-refractivity contribution in [2.75, 3.05) is 13.2 Å². The Morgan fingerprint density at radius 1 is 1.39 bits per heavy atom. The fourth-order valence-electron chi connectivity index (χ4n) is 3.45. The van der Waals surface area contributed by atoms with Crippen LogP contribution in [0.15, 0.2) is 11.6 Å². The van der Waals surface area contributed by atoms with Gasteiger partial charge >= 0.3 is 11.9 Å². The molecule has 5 heteroatoms. The van der Waals surface area contributed by atoms with E-state index >= 15 is 0 Å². The summed E-state index contributed by atoms with van der Waals surface area (Å²) in [7, 11) is 0. The second kappa shape index (κ2) is 3.57. The standard InChI is InChI=1S/C13H14O5/c14-11-1-6(4-16-11)5-17-13(15)9-3-10-7-2-8(7)12(9)18-10/h1,7-10,12H,2-5H2/t7-,8+,9-,10+,12+/m1/s1. The average molecular weight is 250 g/mol. The number of carbonyl (C=O) groups excluding carboxylic acids is 2. The first-order chi connectivity index (χ1) is 8.72. The van der Waals surface area contributed by atoms with Crippen molar-refractivity contribution in [1.29, 1.82) is 0 Å². The number of hydrogen-bond acceptors (Lipinski definition) is 5. The van der Waals surface area contributed by atoms with Gasteiger partial charge in [0, 0.05) is 11.6 Å². The molecule has 5 nitrogen and oxygen atoms in total. The third-order valence-corrected chi connectivity index (χ3v) is 4.43. The predicted octanol–water partition coefficient (Wildman–Crippen LogP) is 0.436. The van der Waals surface area contributed by atoms with Gasteiger partial charge in [0.15, 0.2) is 0 Å². The van der Waals surface area contributed by atoms with Crippen molar-refractivity contribution in [2.45, 2.75) is 25.0 Å². The molecule has 0 aromatic heterocycles. The lowest BCUT2D eigenvalue weighted by atomic mass is 9.89. The maximum Gasteiger partial charge on any atom is 0.331 e. The lowest BCUT2D eigenvalue weighted by Crippen LogP contribution is -2.29. The first-order valence-corrected chi connectivity index (χ1v) is 6.40. The molecule has 0 aromatic rings. The fourth-order valence-corrected chi connectivity index (χ4v) is 3.45. The highest BCUT2D eigenvalue weighted by Gasteiger charge is 2.64. The summed E-state index contributed by atoms with van der Waals surface area (Å²) in [6, 6.07) is 0. The molecule has 1 aliphatic carbocycles. The second-order valence-corrected chi connectivity index (χ2v) is 5.56. The number of ether oxygens (including phenoxy) is 3. The van der Waals surface area contributed by atoms with Gasteiger partial charge in [0.25, 0.3) is 0 Å². The molecule has 4 rings (SSSR count). The van der Waals surface area contributed by atoms with Crippen LogP contribution in [0.25, 0.3) is 0 Å². The van der Waals surface area contributed by atoms with E-state index in [0.717, 1.165) is 12.0 Å². The van der Waals surface area contributed by atoms with Crippen LogP contribution in [-0.2, 0) is 23.8 Å². The molecular formula is C13H14O5. The molecule has 0 amide bonds. The molecule has 0 N–H and O–H groups in total. The topological polar surface area (TPSA) is 61.8 Å². The van der Waals surface area contributed by atoms with Crippen molar-refractivity contribution in [3.05, 3.63) is 11.6 Å². The number of cyclic esters (lactones) is 1. The Balaban J connectivity index is 1.34. The minimum atomic E-state index is -0.356. The average Bonchev–Trinajstić information content (AvgIpc) is 2.75. The van der Waals surface area contributed by atoms with Crippen molar-refractivity contribution >= 4 is 11.9 Å². The van der Waals surface area contributed by atoms with Gasteiger partial charge in [0.1, 0.15) is 13.2 Å². The van der Waals surface area contributed by atoms with Gasteiger partial charge in [-0.2, -0.15) is 0 Å². The van der Waals surface area contributed by atoms with Gasteiger partial charge in [-0.15, -0.1) is 0 Å². The molecular weight excluding hydrogens is 236 g/mol. The molecule has 0 spiro atoms. The Labute approximate surface area is 104 Å². The summed E-state index contributed by atoms with van der Waals surface area (Å²) in [5.41, 5.74) is 0.724. The van der Waals surface area contributed by atoms with Gasteiger partial charge in [-0.3, -0.25) is 4.79 Å². The first-order valence-electron chi connectivity index (χ1n) is 6.40. The van der Waals surface area contributed by atoms with E-state index in [-0.39, 0.29) is 43.3 Å². The molecule has 18 heavy (non-hydrogen) atoms. The van der Waals surface area contributed by atoms with Gasteiger partial charge < -0.3 is 14.2 Å². The molecule has 3 aliphatic heterocycles. The van der Waals surface area contributed by atoms with Gasteiger partial charge in [-0.25, -0.2) is 4.79 Å². The Bertz CT molecular complexity index is 454. The third kappa shape index (κ3) is 1.50. The Morgan fingerprint density at radius 2 is 2.28 bits per heavy atom. The first kappa shape index (κ1) is 10.6. The van der Waals surface area contributed by atoms with Gasteiger partial charge in [0.2, 0.25) is 0 Å². The van der Waals surface area contributed by atoms with E-state index in [0.29, 0.717) is 11.8 Å². The minimum Gasteiger partial charge on any atom is -0.461 e. The van der Waals surface area contributed by atoms with Crippen molar-refractivity contribution in [1.82, 2.24) is 0 Å². The number of hydrogen-bond donors (Lipinski definition) is 0. The lowest BCUT2D eigenvalue weighted by Gasteiger charge is -2.17. The maximum absolute atomic E-state index is 12.0. The van der Waals surface area contributed by atoms with Gasteiger partial charge in [-0.05, 0) is 24.7 Å². The van der Waals surface area contributed by atoms with Crippen molar-refractivity contribution in [3.63, 3.8) is 0 Å². The number of carbonyl (C=O) groups is 2. The predicted molar refractivity (Wildman–Crippen MR) is 58.4 cm³/mol. The Hall–Kier alpha value is -1.36. The van der Waals surface area contributed by atoms with E-state index in [9.17, 15) is 9.59 Å². The fraction of sp³-hybridized carbons (Fsp3) is 0.692. The summed E-state index contributed by atoms with van der Waals surface area (Å²) in [5.74, 6) is 0.662. The molecule has 2 saturated heterocycles. The smallest absolute Gasteiger partial charge is 0.331 e. The van der Waals surface area contributed by atoms with Gasteiger partial charge in [-0.1, -0.05) is 0 Å². The molecule has 3 heterocycles. The summed E-state index contributed by atoms with van der Waals surface area (Å²) >= 11 is 0. The van der Waals surface area contributed by atoms with Gasteiger partial charge in [0.05, 0.1) is 18.1 Å². The van der Waals surface area contributed by atoms with E-state index in [1.807, 2.05) is 0 Å². The van der Waals surface area contributed by atoms with Crippen LogP contribution in [0.1, 0.15) is 12.8 Å². The van der Waals surface area contributed by atoms with E-state index < -0.39 is 0 Å². The van der Waals surface area contributed by atoms with Crippen molar-refractivity contribution < 1.29 is 23.8 Å². The molecule has 0 radical (unpaired) electrons. The zero-order chi connectivity index (χ0) is 12.3. The zero-order valence-corrected chi connectivity index (χ0v) is 9.83. The summed E-state index contributed by atoms with van der Waals surface area (Å²) < 4.78 is 15.8. The zero-order valence-electron chi connectivity index (χ0n) is 9.83. The maximum atomic E-state index is 12.0. The van der Waals surface area contributed by atoms with Crippen LogP contribution in [0.3, 0.4) is 0 Å². The summed E-state index contributed by atoms with van der Waals surface area (Å²) in [6.07, 6.45) is 3.78. The molecule has 96 valence electrons. The van der Waals surface area contributed by atoms with Crippen LogP contribution in [0.4, 0.5) is 0 Å². The lowest BCUT2D eigenvalue weighted by molar-refractivity contribution is -0.149. The highest BCUT2D eigenvalue weighted by molar-refractivity contribution is 5.85. The van der Waals surface area contributed by atoms with Crippen molar-refractivity contribution in [3.8, 4) is 0 Å². The van der Waals surface area contributed by atoms with E-state index in [1.54, 1.807) is 0 Å². The molecule has 5 atom stereocenters. The molecule has 4 aliphatic rings. The van der Waals surface area contributed by atoms with E-state index in [1.165, 1.54) is 12.5 Å². The number of fused-ring (bicyclic) bond motifs is 5. The quantitative estimate of drug-likeness (QED) is 0.680. The summed E-state index contributed by atoms with van der Waals surface area (Å²) in [5, 5.41) is 0. The Morgan fingerprint density at radius 3 is 2.94 bits per heavy atom. The molecule has 2 bridgehead atoms. The molecule has 0 unspecified atom stereocenters. The Kier molecular flexibility index (Phi) is 2.09. The van der Waals surface area contributed by atoms with E-state index in [4.69, 9.17) is 14.2 Å². The van der Waals surface area contributed by atoms with Crippen molar-refractivity contribution in [2.24, 2.45) is 17.8 Å². The largest absolute Gasteiger partial charge is 0.461 e. The normalized spacial score (nSPS) is 43.4. The van der Waals surface area contributed by atoms with Crippen LogP contribution < -0.4 is 0 Å². The third-order valence-electron chi connectivity index (χ3n) is 4.43. The molecule has 1 saturated carbocycles. The monoisotopic (exact) mass is 250 g/mol. The van der Waals surface area contributed by atoms with E-state index in [2.05, 4.69) is 0 Å². The molecule has 0 aromatic carbocycles. The highest BCUT2D eigenvalue weighted by atomic mass is 16.6. The second-order valence-electron chi connectivity index (χ2n) is 5.56. The minimum absolute atomic E-state index is 0.0861. The summed E-state index contributed by atoms with van der Waals surface area (Å²) in [4.78, 5) is 22.8. The number of esters is 2. The highest BCUT2D eigenvalue weighted by Crippen LogP contribution is 2.60. The van der Waals surface area contributed by atoms with Crippen LogP contribution in [0.2, 0.25) is 0 Å². The summed E-state index contributed by atoms with van der Waals surface area (Å²) in [6.45, 7) is 0.399. The van der Waals surface area contributed by atoms with Crippen LogP contribution in [0, 0.1) is 17.8 Å². The van der Waals surface area contributed by atoms with Crippen LogP contribution >= 0.6 is 0 Å². The SMILES string of the molecule is O=C1C=C(COC(=O)[C@@H]2C[C@@H]3O[C@H]2[C@H]2C[C@H]23)CO1.